The quantitative estimate of drug-likeness (QED) is 0.420. The normalized spacial score (nSPS) is 12.0. The van der Waals surface area contributed by atoms with Crippen LogP contribution in [0.3, 0.4) is 0 Å². The van der Waals surface area contributed by atoms with Crippen LogP contribution in [0, 0.1) is 5.41 Å². The fraction of sp³-hybridized carbons (Fsp3) is 0. The van der Waals surface area contributed by atoms with E-state index in [0.29, 0.717) is 16.4 Å². The fourth-order valence-corrected chi connectivity index (χ4v) is 3.61. The first-order chi connectivity index (χ1) is 12.8. The monoisotopic (exact) mass is 361 g/mol. The number of rotatable bonds is 5. The van der Waals surface area contributed by atoms with Gasteiger partial charge in [-0.2, -0.15) is 4.72 Å². The first kappa shape index (κ1) is 16.3. The van der Waals surface area contributed by atoms with Crippen molar-refractivity contribution in [2.24, 2.45) is 0 Å². The first-order valence-corrected chi connectivity index (χ1v) is 9.08. The van der Waals surface area contributed by atoms with Crippen molar-refractivity contribution in [1.29, 1.82) is 5.41 Å². The van der Waals surface area contributed by atoms with Gasteiger partial charge in [0.2, 0.25) is 0 Å². The molecule has 0 aliphatic rings. The molecular formula is C19H15N5OS. The molecule has 2 N–H and O–H groups in total. The molecule has 3 aromatic heterocycles. The van der Waals surface area contributed by atoms with Crippen molar-refractivity contribution < 1.29 is 4.55 Å². The van der Waals surface area contributed by atoms with E-state index in [2.05, 4.69) is 14.7 Å². The summed E-state index contributed by atoms with van der Waals surface area (Å²) in [4.78, 5) is 8.57. The Kier molecular flexibility index (Phi) is 4.39. The van der Waals surface area contributed by atoms with E-state index in [1.54, 1.807) is 16.8 Å². The molecule has 7 heteroatoms. The van der Waals surface area contributed by atoms with Gasteiger partial charge in [-0.05, 0) is 23.8 Å². The number of benzene rings is 1. The molecule has 3 heterocycles. The van der Waals surface area contributed by atoms with Crippen molar-refractivity contribution in [2.75, 3.05) is 4.72 Å². The number of hydrogen-bond acceptors (Lipinski definition) is 5. The first-order valence-electron chi connectivity index (χ1n) is 7.93. The van der Waals surface area contributed by atoms with E-state index in [4.69, 9.17) is 5.41 Å². The molecule has 0 radical (unpaired) electrons. The maximum absolute atomic E-state index is 12.8. The van der Waals surface area contributed by atoms with E-state index in [9.17, 15) is 4.55 Å². The van der Waals surface area contributed by atoms with Crippen LogP contribution >= 0.6 is 0 Å². The minimum absolute atomic E-state index is 0.423. The zero-order valence-electron chi connectivity index (χ0n) is 13.7. The number of hydrogen-bond donors (Lipinski definition) is 2. The van der Waals surface area contributed by atoms with Crippen LogP contribution in [0.1, 0.15) is 5.69 Å². The predicted octanol–water partition coefficient (Wildman–Crippen LogP) is 3.53. The lowest BCUT2D eigenvalue weighted by Gasteiger charge is -2.13. The van der Waals surface area contributed by atoms with Crippen molar-refractivity contribution in [3.8, 4) is 11.1 Å². The van der Waals surface area contributed by atoms with Crippen LogP contribution in [-0.4, -0.2) is 25.1 Å². The molecule has 0 bridgehead atoms. The van der Waals surface area contributed by atoms with Gasteiger partial charge in [-0.3, -0.25) is 9.38 Å². The molecule has 6 nitrogen and oxygen atoms in total. The maximum Gasteiger partial charge on any atom is 0.276 e. The van der Waals surface area contributed by atoms with Crippen molar-refractivity contribution in [3.05, 3.63) is 78.9 Å². The van der Waals surface area contributed by atoms with Gasteiger partial charge >= 0.3 is 0 Å². The summed E-state index contributed by atoms with van der Waals surface area (Å²) in [6, 6.07) is 17.2. The van der Waals surface area contributed by atoms with Gasteiger partial charge < -0.3 is 9.96 Å². The molecular weight excluding hydrogens is 346 g/mol. The Morgan fingerprint density at radius 2 is 1.81 bits per heavy atom. The van der Waals surface area contributed by atoms with Crippen molar-refractivity contribution in [2.45, 2.75) is 5.03 Å². The van der Waals surface area contributed by atoms with Gasteiger partial charge in [0.15, 0.2) is 0 Å². The Morgan fingerprint density at radius 1 is 1.00 bits per heavy atom. The van der Waals surface area contributed by atoms with E-state index in [1.165, 1.54) is 0 Å². The summed E-state index contributed by atoms with van der Waals surface area (Å²) in [6.07, 6.45) is 6.24. The minimum atomic E-state index is -1.55. The van der Waals surface area contributed by atoms with Crippen molar-refractivity contribution in [3.63, 3.8) is 0 Å². The molecule has 0 amide bonds. The van der Waals surface area contributed by atoms with Crippen LogP contribution in [0.15, 0.2) is 78.2 Å². The molecule has 4 aromatic rings. The van der Waals surface area contributed by atoms with E-state index in [1.807, 2.05) is 60.8 Å². The van der Waals surface area contributed by atoms with Gasteiger partial charge in [-0.15, -0.1) is 0 Å². The maximum atomic E-state index is 12.8. The third kappa shape index (κ3) is 3.05. The lowest BCUT2D eigenvalue weighted by Crippen LogP contribution is -2.16. The summed E-state index contributed by atoms with van der Waals surface area (Å²) >= 11 is -1.55. The van der Waals surface area contributed by atoms with Crippen molar-refractivity contribution in [1.82, 2.24) is 14.4 Å². The summed E-state index contributed by atoms with van der Waals surface area (Å²) in [7, 11) is 0. The lowest BCUT2D eigenvalue weighted by atomic mass is 10.1. The number of anilines is 1. The Morgan fingerprint density at radius 3 is 2.62 bits per heavy atom. The van der Waals surface area contributed by atoms with Crippen molar-refractivity contribution >= 4 is 28.9 Å². The zero-order chi connectivity index (χ0) is 17.9. The zero-order valence-corrected chi connectivity index (χ0v) is 14.5. The number of nitrogens with zero attached hydrogens (tertiary/aromatic N) is 3. The molecule has 0 fully saturated rings. The summed E-state index contributed by atoms with van der Waals surface area (Å²) < 4.78 is 17.6. The van der Waals surface area contributed by atoms with E-state index >= 15 is 0 Å². The Bertz CT molecular complexity index is 1060. The predicted molar refractivity (Wildman–Crippen MR) is 103 cm³/mol. The molecule has 128 valence electrons. The molecule has 4 rings (SSSR count). The van der Waals surface area contributed by atoms with Crippen LogP contribution in [0.5, 0.6) is 0 Å². The number of nitrogens with one attached hydrogen (secondary N) is 2. The highest BCUT2D eigenvalue weighted by Gasteiger charge is 2.19. The Balaban J connectivity index is 1.69. The van der Waals surface area contributed by atoms with Gasteiger partial charge in [0.05, 0.1) is 0 Å². The smallest absolute Gasteiger partial charge is 0.276 e. The van der Waals surface area contributed by atoms with Gasteiger partial charge in [0, 0.05) is 24.2 Å². The summed E-state index contributed by atoms with van der Waals surface area (Å²) in [5.41, 5.74) is 3.56. The highest BCUT2D eigenvalue weighted by atomic mass is 32.2. The lowest BCUT2D eigenvalue weighted by molar-refractivity contribution is 0.595. The Hall–Kier alpha value is -3.16. The minimum Gasteiger partial charge on any atom is -0.587 e. The molecule has 0 saturated carbocycles. The molecule has 1 unspecified atom stereocenters. The molecule has 0 aliphatic carbocycles. The van der Waals surface area contributed by atoms with Gasteiger partial charge in [-0.1, -0.05) is 36.4 Å². The number of fused-ring (bicyclic) bond motifs is 1. The Labute approximate surface area is 153 Å². The second-order valence-electron chi connectivity index (χ2n) is 5.56. The average Bonchev–Trinajstić information content (AvgIpc) is 3.13. The van der Waals surface area contributed by atoms with Gasteiger partial charge in [0.25, 0.3) is 5.03 Å². The van der Waals surface area contributed by atoms with Crippen LogP contribution in [0.25, 0.3) is 16.8 Å². The van der Waals surface area contributed by atoms with Crippen LogP contribution in [0.4, 0.5) is 5.69 Å². The summed E-state index contributed by atoms with van der Waals surface area (Å²) in [5.74, 6) is 0. The highest BCUT2D eigenvalue weighted by molar-refractivity contribution is 7.92. The highest BCUT2D eigenvalue weighted by Crippen LogP contribution is 2.25. The summed E-state index contributed by atoms with van der Waals surface area (Å²) in [5, 5.41) is 8.10. The van der Waals surface area contributed by atoms with Crippen LogP contribution < -0.4 is 4.72 Å². The molecule has 0 saturated heterocycles. The third-order valence-corrected chi connectivity index (χ3v) is 5.03. The molecule has 0 spiro atoms. The average molecular weight is 361 g/mol. The third-order valence-electron chi connectivity index (χ3n) is 3.94. The topological polar surface area (TPSA) is 89.1 Å². The number of aromatic nitrogens is 3. The number of imidazole rings is 1. The fourth-order valence-electron chi connectivity index (χ4n) is 2.66. The van der Waals surface area contributed by atoms with Crippen LogP contribution in [-0.2, 0) is 11.4 Å². The van der Waals surface area contributed by atoms with Gasteiger partial charge in [0.1, 0.15) is 34.6 Å². The largest absolute Gasteiger partial charge is 0.587 e. The second-order valence-corrected chi connectivity index (χ2v) is 6.72. The standard InChI is InChI=1S/C19H15N5OS/c20-11-17-16(10-15(12-21-17)14-6-2-1-3-7-14)23-26(25)19-13-22-18-8-4-5-9-24(18)19/h1-13,20,23H. The second kappa shape index (κ2) is 6.99. The SMILES string of the molecule is N=Cc1ncc(-c2ccccc2)cc1N[S+]([O-])c1cnc2ccccn12. The van der Waals surface area contributed by atoms with Gasteiger partial charge in [-0.25, -0.2) is 4.98 Å². The molecule has 0 aliphatic heterocycles. The summed E-state index contributed by atoms with van der Waals surface area (Å²) in [6.45, 7) is 0. The van der Waals surface area contributed by atoms with E-state index in [-0.39, 0.29) is 0 Å². The van der Waals surface area contributed by atoms with E-state index < -0.39 is 11.4 Å². The number of pyridine rings is 2. The van der Waals surface area contributed by atoms with E-state index in [0.717, 1.165) is 23.0 Å². The molecule has 1 aromatic carbocycles. The molecule has 1 atom stereocenters. The van der Waals surface area contributed by atoms with Crippen LogP contribution in [0.2, 0.25) is 0 Å². The molecule has 26 heavy (non-hydrogen) atoms.